The average molecular weight is 343 g/mol. The molecule has 1 heterocycles. The van der Waals surface area contributed by atoms with Gasteiger partial charge in [0.2, 0.25) is 10.0 Å². The fraction of sp³-hybridized carbons (Fsp3) is 0.118. The molecule has 0 unspecified atom stereocenters. The van der Waals surface area contributed by atoms with Crippen molar-refractivity contribution >= 4 is 32.5 Å². The van der Waals surface area contributed by atoms with Gasteiger partial charge in [-0.3, -0.25) is 4.79 Å². The minimum atomic E-state index is -3.50. The van der Waals surface area contributed by atoms with Crippen molar-refractivity contribution in [2.75, 3.05) is 19.4 Å². The zero-order valence-corrected chi connectivity index (χ0v) is 14.1. The predicted molar refractivity (Wildman–Crippen MR) is 93.6 cm³/mol. The number of nitrogens with zero attached hydrogens (tertiary/aromatic N) is 1. The molecule has 2 aromatic carbocycles. The summed E-state index contributed by atoms with van der Waals surface area (Å²) in [5.74, 6) is -0.300. The highest BCUT2D eigenvalue weighted by Gasteiger charge is 2.17. The molecule has 2 N–H and O–H groups in total. The fourth-order valence-electron chi connectivity index (χ4n) is 2.37. The Balaban J connectivity index is 1.85. The molecular weight excluding hydrogens is 326 g/mol. The lowest BCUT2D eigenvalue weighted by molar-refractivity contribution is 0.102. The number of hydrogen-bond acceptors (Lipinski definition) is 3. The molecule has 0 fully saturated rings. The van der Waals surface area contributed by atoms with Gasteiger partial charge in [-0.15, -0.1) is 0 Å². The largest absolute Gasteiger partial charge is 0.359 e. The van der Waals surface area contributed by atoms with Crippen LogP contribution in [0, 0.1) is 0 Å². The maximum atomic E-state index is 12.4. The second kappa shape index (κ2) is 6.10. The molecule has 0 atom stereocenters. The topological polar surface area (TPSA) is 82.3 Å². The van der Waals surface area contributed by atoms with E-state index in [1.54, 1.807) is 6.20 Å². The molecule has 24 heavy (non-hydrogen) atoms. The number of aromatic nitrogens is 1. The van der Waals surface area contributed by atoms with Gasteiger partial charge in [-0.05, 0) is 36.4 Å². The van der Waals surface area contributed by atoms with Crippen molar-refractivity contribution in [3.63, 3.8) is 0 Å². The third kappa shape index (κ3) is 2.91. The Morgan fingerprint density at radius 2 is 1.75 bits per heavy atom. The molecule has 0 aliphatic rings. The Morgan fingerprint density at radius 1 is 1.04 bits per heavy atom. The van der Waals surface area contributed by atoms with Crippen LogP contribution in [-0.2, 0) is 10.0 Å². The first-order chi connectivity index (χ1) is 11.4. The molecule has 0 saturated heterocycles. The lowest BCUT2D eigenvalue weighted by Crippen LogP contribution is -2.22. The Hall–Kier alpha value is -2.64. The van der Waals surface area contributed by atoms with Crippen LogP contribution in [0.4, 0.5) is 5.69 Å². The van der Waals surface area contributed by atoms with E-state index in [9.17, 15) is 13.2 Å². The van der Waals surface area contributed by atoms with Gasteiger partial charge in [0.25, 0.3) is 5.91 Å². The van der Waals surface area contributed by atoms with Gasteiger partial charge in [-0.25, -0.2) is 12.7 Å². The summed E-state index contributed by atoms with van der Waals surface area (Å²) < 4.78 is 25.2. The van der Waals surface area contributed by atoms with E-state index in [2.05, 4.69) is 10.3 Å². The van der Waals surface area contributed by atoms with Crippen molar-refractivity contribution in [2.24, 2.45) is 0 Å². The Bertz CT molecular complexity index is 989. The van der Waals surface area contributed by atoms with Gasteiger partial charge in [0, 0.05) is 31.2 Å². The fourth-order valence-corrected chi connectivity index (χ4v) is 3.27. The highest BCUT2D eigenvalue weighted by atomic mass is 32.2. The van der Waals surface area contributed by atoms with Crippen LogP contribution in [0.15, 0.2) is 59.6 Å². The number of nitrogens with one attached hydrogen (secondary N) is 2. The molecule has 124 valence electrons. The average Bonchev–Trinajstić information content (AvgIpc) is 3.04. The van der Waals surface area contributed by atoms with E-state index in [1.807, 2.05) is 24.3 Å². The summed E-state index contributed by atoms with van der Waals surface area (Å²) in [6.45, 7) is 0. The molecule has 0 aliphatic carbocycles. The quantitative estimate of drug-likeness (QED) is 0.764. The first kappa shape index (κ1) is 16.2. The van der Waals surface area contributed by atoms with E-state index in [1.165, 1.54) is 38.4 Å². The summed E-state index contributed by atoms with van der Waals surface area (Å²) in [6, 6.07) is 13.4. The number of hydrogen-bond donors (Lipinski definition) is 2. The summed E-state index contributed by atoms with van der Waals surface area (Å²) in [6.07, 6.45) is 1.81. The van der Waals surface area contributed by atoms with Crippen molar-refractivity contribution in [3.05, 3.63) is 60.3 Å². The molecule has 0 aliphatic heterocycles. The highest BCUT2D eigenvalue weighted by molar-refractivity contribution is 7.89. The van der Waals surface area contributed by atoms with Crippen molar-refractivity contribution in [1.29, 1.82) is 0 Å². The van der Waals surface area contributed by atoms with Gasteiger partial charge in [0.05, 0.1) is 16.1 Å². The number of para-hydroxylation sites is 1. The molecule has 3 aromatic rings. The van der Waals surface area contributed by atoms with E-state index in [4.69, 9.17) is 0 Å². The third-order valence-electron chi connectivity index (χ3n) is 3.73. The van der Waals surface area contributed by atoms with Crippen LogP contribution in [0.25, 0.3) is 10.9 Å². The zero-order chi connectivity index (χ0) is 17.3. The van der Waals surface area contributed by atoms with Crippen LogP contribution < -0.4 is 5.32 Å². The van der Waals surface area contributed by atoms with Crippen molar-refractivity contribution in [1.82, 2.24) is 9.29 Å². The van der Waals surface area contributed by atoms with Gasteiger partial charge in [0.1, 0.15) is 0 Å². The maximum Gasteiger partial charge on any atom is 0.255 e. The summed E-state index contributed by atoms with van der Waals surface area (Å²) in [5, 5.41) is 3.84. The molecule has 6 nitrogen and oxygen atoms in total. The number of anilines is 1. The number of rotatable bonds is 4. The number of fused-ring (bicyclic) bond motifs is 1. The number of carbonyl (C=O) groups is 1. The molecule has 0 radical (unpaired) electrons. The predicted octanol–water partition coefficient (Wildman–Crippen LogP) is 2.67. The maximum absolute atomic E-state index is 12.4. The van der Waals surface area contributed by atoms with Gasteiger partial charge >= 0.3 is 0 Å². The van der Waals surface area contributed by atoms with E-state index < -0.39 is 10.0 Å². The smallest absolute Gasteiger partial charge is 0.255 e. The first-order valence-corrected chi connectivity index (χ1v) is 8.73. The number of amides is 1. The number of sulfonamides is 1. The Morgan fingerprint density at radius 3 is 2.42 bits per heavy atom. The Labute approximate surface area is 140 Å². The van der Waals surface area contributed by atoms with Crippen molar-refractivity contribution in [2.45, 2.75) is 4.90 Å². The summed E-state index contributed by atoms with van der Waals surface area (Å²) in [5.41, 5.74) is 1.90. The molecule has 1 aromatic heterocycles. The van der Waals surface area contributed by atoms with E-state index >= 15 is 0 Å². The monoisotopic (exact) mass is 343 g/mol. The normalized spacial score (nSPS) is 11.8. The summed E-state index contributed by atoms with van der Waals surface area (Å²) >= 11 is 0. The molecule has 1 amide bonds. The number of benzene rings is 2. The number of H-pyrrole nitrogens is 1. The first-order valence-electron chi connectivity index (χ1n) is 7.29. The van der Waals surface area contributed by atoms with E-state index in [0.717, 1.165) is 15.2 Å². The Kier molecular flexibility index (Phi) is 4.13. The van der Waals surface area contributed by atoms with Gasteiger partial charge in [-0.2, -0.15) is 0 Å². The van der Waals surface area contributed by atoms with Crippen molar-refractivity contribution < 1.29 is 13.2 Å². The second-order valence-corrected chi connectivity index (χ2v) is 7.67. The summed E-state index contributed by atoms with van der Waals surface area (Å²) in [7, 11) is -0.572. The van der Waals surface area contributed by atoms with Gasteiger partial charge in [-0.1, -0.05) is 12.1 Å². The number of aromatic amines is 1. The molecule has 0 spiro atoms. The molecular formula is C17H17N3O3S. The molecule has 3 rings (SSSR count). The van der Waals surface area contributed by atoms with Gasteiger partial charge in [0.15, 0.2) is 0 Å². The van der Waals surface area contributed by atoms with Crippen LogP contribution in [0.3, 0.4) is 0 Å². The lowest BCUT2D eigenvalue weighted by Gasteiger charge is -2.12. The lowest BCUT2D eigenvalue weighted by atomic mass is 10.2. The number of carbonyl (C=O) groups excluding carboxylic acids is 1. The highest BCUT2D eigenvalue weighted by Crippen LogP contribution is 2.22. The van der Waals surface area contributed by atoms with Crippen LogP contribution in [-0.4, -0.2) is 37.7 Å². The van der Waals surface area contributed by atoms with E-state index in [0.29, 0.717) is 11.3 Å². The van der Waals surface area contributed by atoms with Crippen LogP contribution >= 0.6 is 0 Å². The molecule has 0 saturated carbocycles. The van der Waals surface area contributed by atoms with Crippen LogP contribution in [0.1, 0.15) is 10.4 Å². The van der Waals surface area contributed by atoms with Crippen molar-refractivity contribution in [3.8, 4) is 0 Å². The zero-order valence-electron chi connectivity index (χ0n) is 13.3. The van der Waals surface area contributed by atoms with Crippen LogP contribution in [0.2, 0.25) is 0 Å². The van der Waals surface area contributed by atoms with E-state index in [-0.39, 0.29) is 10.8 Å². The second-order valence-electron chi connectivity index (χ2n) is 5.51. The minimum absolute atomic E-state index is 0.149. The molecule has 0 bridgehead atoms. The standard InChI is InChI=1S/C17H17N3O3S/c1-20(2)24(22,23)14-8-6-13(7-9-14)17(21)19-15-5-3-4-12-10-11-18-16(12)15/h3-11,18H,1-2H3,(H,19,21). The summed E-state index contributed by atoms with van der Waals surface area (Å²) in [4.78, 5) is 15.6. The minimum Gasteiger partial charge on any atom is -0.359 e. The van der Waals surface area contributed by atoms with Crippen LogP contribution in [0.5, 0.6) is 0 Å². The van der Waals surface area contributed by atoms with Gasteiger partial charge < -0.3 is 10.3 Å². The third-order valence-corrected chi connectivity index (χ3v) is 5.56. The SMILES string of the molecule is CN(C)S(=O)(=O)c1ccc(C(=O)Nc2cccc3cc[nH]c23)cc1. The molecule has 7 heteroatoms.